The number of esters is 1. The van der Waals surface area contributed by atoms with Crippen LogP contribution in [0.25, 0.3) is 0 Å². The van der Waals surface area contributed by atoms with Gasteiger partial charge >= 0.3 is 13.6 Å². The van der Waals surface area contributed by atoms with Gasteiger partial charge in [0, 0.05) is 36.9 Å². The summed E-state index contributed by atoms with van der Waals surface area (Å²) in [5.74, 6) is -0.415. The summed E-state index contributed by atoms with van der Waals surface area (Å²) >= 11 is 0. The molecule has 0 amide bonds. The molecule has 0 radical (unpaired) electrons. The third-order valence-electron chi connectivity index (χ3n) is 6.64. The van der Waals surface area contributed by atoms with Crippen molar-refractivity contribution in [3.8, 4) is 0 Å². The summed E-state index contributed by atoms with van der Waals surface area (Å²) in [6.45, 7) is 8.69. The van der Waals surface area contributed by atoms with Crippen LogP contribution in [0.15, 0.2) is 60.8 Å². The Kier molecular flexibility index (Phi) is 18.6. The van der Waals surface area contributed by atoms with Crippen LogP contribution in [0.5, 0.6) is 0 Å². The second-order valence-electron chi connectivity index (χ2n) is 9.49. The Bertz CT molecular complexity index is 938. The van der Waals surface area contributed by atoms with E-state index < -0.39 is 52.1 Å². The predicted molar refractivity (Wildman–Crippen MR) is 172 cm³/mol. The van der Waals surface area contributed by atoms with E-state index in [0.717, 1.165) is 18.1 Å². The molecule has 1 aliphatic rings. The molecule has 0 bridgehead atoms. The van der Waals surface area contributed by atoms with Crippen molar-refractivity contribution < 1.29 is 42.1 Å². The van der Waals surface area contributed by atoms with Gasteiger partial charge in [-0.1, -0.05) is 78.3 Å². The second kappa shape index (κ2) is 19.8. The minimum Gasteiger partial charge on any atom is -0.455 e. The highest BCUT2D eigenvalue weighted by Crippen LogP contribution is 2.40. The molecule has 1 aliphatic heterocycles. The smallest absolute Gasteiger partial charge is 0.350 e. The van der Waals surface area contributed by atoms with Crippen LogP contribution in [0.2, 0.25) is 18.1 Å². The van der Waals surface area contributed by atoms with Crippen molar-refractivity contribution in [3.63, 3.8) is 0 Å². The van der Waals surface area contributed by atoms with Gasteiger partial charge in [0.2, 0.25) is 0 Å². The number of carbonyl (C=O) groups is 1. The summed E-state index contributed by atoms with van der Waals surface area (Å²) in [5.41, 5.74) is -1.08. The summed E-state index contributed by atoms with van der Waals surface area (Å²) < 4.78 is 41.1. The number of cyclic esters (lactones) is 1. The topological polar surface area (TPSA) is 121 Å². The number of rotatable bonds is 20. The van der Waals surface area contributed by atoms with Crippen LogP contribution >= 0.6 is 34.5 Å². The van der Waals surface area contributed by atoms with E-state index in [2.05, 4.69) is 39.2 Å². The lowest BCUT2D eigenvalue weighted by Gasteiger charge is -2.44. The van der Waals surface area contributed by atoms with Crippen LogP contribution in [-0.4, -0.2) is 60.9 Å². The minimum atomic E-state index is -4.47. The molecule has 0 fully saturated rings. The van der Waals surface area contributed by atoms with E-state index in [1.54, 1.807) is 12.2 Å². The molecule has 228 valence electrons. The molecule has 0 aromatic rings. The molecule has 0 saturated carbocycles. The predicted octanol–water partition coefficient (Wildman–Crippen LogP) is 6.35. The lowest BCUT2D eigenvalue weighted by atomic mass is 9.92. The molecular formula is C26H46O9P4Si. The van der Waals surface area contributed by atoms with Gasteiger partial charge in [0.25, 0.3) is 0 Å². The molecule has 40 heavy (non-hydrogen) atoms. The van der Waals surface area contributed by atoms with Gasteiger partial charge in [-0.3, -0.25) is 4.57 Å². The molecule has 9 nitrogen and oxygen atoms in total. The fraction of sp³-hybridized carbons (Fsp3) is 0.577. The molecule has 0 aromatic heterocycles. The highest BCUT2D eigenvalue weighted by Gasteiger charge is 2.43. The zero-order chi connectivity index (χ0) is 30.1. The SMILES string of the molecule is CC[Si](CC)(CC)O[C@](C)(/C=C/[C@H]1CC=CC(=O)O1)C(C[C@H](\C=C/C=C\C=C\COP)OPP)OCP(=O)(O)O. The Labute approximate surface area is 246 Å². The normalized spacial score (nSPS) is 20.4. The minimum absolute atomic E-state index is 0.0998. The summed E-state index contributed by atoms with van der Waals surface area (Å²) in [4.78, 5) is 31.1. The number of hydrogen-bond donors (Lipinski definition) is 2. The summed E-state index contributed by atoms with van der Waals surface area (Å²) in [7, 11) is -1.88. The highest BCUT2D eigenvalue weighted by atomic mass is 32.0. The molecule has 7 atom stereocenters. The Morgan fingerprint density at radius 1 is 1.23 bits per heavy atom. The van der Waals surface area contributed by atoms with Crippen LogP contribution in [-0.2, 0) is 32.3 Å². The first-order valence-corrected chi connectivity index (χ1v) is 20.8. The number of ether oxygens (including phenoxy) is 2. The maximum atomic E-state index is 11.9. The van der Waals surface area contributed by atoms with E-state index in [0.29, 0.717) is 13.0 Å². The molecule has 0 saturated heterocycles. The van der Waals surface area contributed by atoms with Crippen LogP contribution < -0.4 is 0 Å². The van der Waals surface area contributed by atoms with E-state index in [1.165, 1.54) is 6.08 Å². The van der Waals surface area contributed by atoms with Crippen LogP contribution in [0.4, 0.5) is 0 Å². The average molecular weight is 655 g/mol. The van der Waals surface area contributed by atoms with Gasteiger partial charge in [0.05, 0.1) is 24.4 Å². The first-order chi connectivity index (χ1) is 19.0. The Morgan fingerprint density at radius 3 is 2.48 bits per heavy atom. The first-order valence-electron chi connectivity index (χ1n) is 13.3. The third-order valence-corrected chi connectivity index (χ3v) is 12.9. The van der Waals surface area contributed by atoms with Gasteiger partial charge < -0.3 is 32.7 Å². The van der Waals surface area contributed by atoms with E-state index in [-0.39, 0.29) is 14.9 Å². The van der Waals surface area contributed by atoms with Crippen molar-refractivity contribution in [2.75, 3.05) is 13.0 Å². The zero-order valence-electron chi connectivity index (χ0n) is 23.8. The van der Waals surface area contributed by atoms with Crippen LogP contribution in [0.1, 0.15) is 40.5 Å². The van der Waals surface area contributed by atoms with Gasteiger partial charge in [0.15, 0.2) is 8.32 Å². The summed E-state index contributed by atoms with van der Waals surface area (Å²) in [5, 5.41) is 0. The fourth-order valence-electron chi connectivity index (χ4n) is 4.22. The van der Waals surface area contributed by atoms with Crippen LogP contribution in [0.3, 0.4) is 0 Å². The highest BCUT2D eigenvalue weighted by molar-refractivity contribution is 8.00. The number of carbonyl (C=O) groups excluding carboxylic acids is 1. The quantitative estimate of drug-likeness (QED) is 0.0509. The Morgan fingerprint density at radius 2 is 1.90 bits per heavy atom. The van der Waals surface area contributed by atoms with Gasteiger partial charge in [0.1, 0.15) is 12.5 Å². The molecule has 0 spiro atoms. The third kappa shape index (κ3) is 14.7. The number of allylic oxidation sites excluding steroid dienone is 4. The standard InChI is InChI=1S/C26H46O9P4Si/c1-5-40(6-2,7-3)35-26(4,18-17-22-15-13-16-25(27)33-22)24(31-21-39(28,29)30)20-23(34-38-37)14-11-9-8-10-12-19-32-36/h8-14,16-18,22-24,38H,5-7,15,19-21,36-37H2,1-4H3,(H2,28,29,30)/b9-8-,12-10+,14-11-,18-17+/t22-,23+,24?,26-/m1/s1. The van der Waals surface area contributed by atoms with Crippen molar-refractivity contribution in [1.82, 2.24) is 0 Å². The zero-order valence-corrected chi connectivity index (χ0v) is 29.0. The first kappa shape index (κ1) is 37.7. The van der Waals surface area contributed by atoms with Crippen molar-refractivity contribution in [2.45, 2.75) is 82.6 Å². The molecule has 1 heterocycles. The van der Waals surface area contributed by atoms with Crippen molar-refractivity contribution in [1.29, 1.82) is 0 Å². The van der Waals surface area contributed by atoms with E-state index in [9.17, 15) is 19.1 Å². The molecule has 2 N–H and O–H groups in total. The lowest BCUT2D eigenvalue weighted by molar-refractivity contribution is -0.141. The fourth-order valence-corrected chi connectivity index (χ4v) is 8.64. The Balaban J connectivity index is 3.44. The average Bonchev–Trinajstić information content (AvgIpc) is 2.92. The van der Waals surface area contributed by atoms with Crippen molar-refractivity contribution in [3.05, 3.63) is 60.8 Å². The van der Waals surface area contributed by atoms with Crippen molar-refractivity contribution >= 4 is 48.8 Å². The molecule has 1 rings (SSSR count). The van der Waals surface area contributed by atoms with E-state index in [1.807, 2.05) is 49.5 Å². The summed E-state index contributed by atoms with van der Waals surface area (Å²) in [6, 6.07) is 2.59. The maximum Gasteiger partial charge on any atom is 0.350 e. The molecule has 14 heteroatoms. The number of hydrogen-bond acceptors (Lipinski definition) is 7. The van der Waals surface area contributed by atoms with E-state index in [4.69, 9.17) is 22.9 Å². The molecule has 0 aliphatic carbocycles. The van der Waals surface area contributed by atoms with Gasteiger partial charge in [-0.15, -0.1) is 0 Å². The maximum absolute atomic E-state index is 11.9. The largest absolute Gasteiger partial charge is 0.455 e. The molecule has 4 unspecified atom stereocenters. The molecular weight excluding hydrogens is 608 g/mol. The van der Waals surface area contributed by atoms with E-state index >= 15 is 0 Å². The lowest BCUT2D eigenvalue weighted by Crippen LogP contribution is -2.52. The second-order valence-corrected chi connectivity index (χ2v) is 17.3. The van der Waals surface area contributed by atoms with Gasteiger partial charge in [-0.25, -0.2) is 4.79 Å². The summed E-state index contributed by atoms with van der Waals surface area (Å²) in [6.07, 6.45) is 16.3. The van der Waals surface area contributed by atoms with Crippen LogP contribution in [0, 0.1) is 0 Å². The van der Waals surface area contributed by atoms with Gasteiger partial charge in [-0.2, -0.15) is 0 Å². The Hall–Kier alpha value is -0.333. The monoisotopic (exact) mass is 654 g/mol. The van der Waals surface area contributed by atoms with Crippen molar-refractivity contribution in [2.24, 2.45) is 0 Å². The molecule has 0 aromatic carbocycles. The van der Waals surface area contributed by atoms with Gasteiger partial charge in [-0.05, 0) is 31.1 Å².